The fraction of sp³-hybridized carbons (Fsp3) is 0.647. The SMILES string of the molecule is CN(C[C@@H]1C[C@@H](O)[C@H](n2ccc3c(N)ncnc32)C1)C1CCC1. The lowest BCUT2D eigenvalue weighted by Crippen LogP contribution is -2.39. The second kappa shape index (κ2) is 5.76. The number of rotatable bonds is 4. The van der Waals surface area contributed by atoms with Crippen LogP contribution in [0.4, 0.5) is 5.82 Å². The van der Waals surface area contributed by atoms with E-state index in [2.05, 4.69) is 26.5 Å². The Morgan fingerprint density at radius 1 is 1.35 bits per heavy atom. The summed E-state index contributed by atoms with van der Waals surface area (Å²) < 4.78 is 2.08. The van der Waals surface area contributed by atoms with Crippen molar-refractivity contribution in [3.63, 3.8) is 0 Å². The molecule has 0 radical (unpaired) electrons. The molecule has 2 aromatic heterocycles. The molecule has 6 heteroatoms. The predicted octanol–water partition coefficient (Wildman–Crippen LogP) is 1.81. The molecule has 0 bridgehead atoms. The van der Waals surface area contributed by atoms with Gasteiger partial charge in [-0.1, -0.05) is 6.42 Å². The van der Waals surface area contributed by atoms with Gasteiger partial charge in [-0.3, -0.25) is 0 Å². The van der Waals surface area contributed by atoms with Crippen molar-refractivity contribution >= 4 is 16.9 Å². The van der Waals surface area contributed by atoms with Gasteiger partial charge in [0.15, 0.2) is 0 Å². The molecule has 0 saturated heterocycles. The van der Waals surface area contributed by atoms with Gasteiger partial charge in [-0.2, -0.15) is 0 Å². The number of nitrogen functional groups attached to an aromatic ring is 1. The topological polar surface area (TPSA) is 80.2 Å². The Morgan fingerprint density at radius 3 is 2.91 bits per heavy atom. The van der Waals surface area contributed by atoms with Crippen molar-refractivity contribution in [2.75, 3.05) is 19.3 Å². The fourth-order valence-electron chi connectivity index (χ4n) is 4.18. The van der Waals surface area contributed by atoms with Gasteiger partial charge in [-0.15, -0.1) is 0 Å². The van der Waals surface area contributed by atoms with Crippen molar-refractivity contribution in [2.45, 2.75) is 50.3 Å². The Kier molecular flexibility index (Phi) is 3.73. The molecule has 3 atom stereocenters. The van der Waals surface area contributed by atoms with Gasteiger partial charge in [0.05, 0.1) is 17.5 Å². The number of hydrogen-bond acceptors (Lipinski definition) is 5. The van der Waals surface area contributed by atoms with E-state index in [0.717, 1.165) is 36.5 Å². The molecule has 0 amide bonds. The van der Waals surface area contributed by atoms with Crippen LogP contribution in [-0.2, 0) is 0 Å². The lowest BCUT2D eigenvalue weighted by atomic mass is 9.91. The van der Waals surface area contributed by atoms with E-state index in [1.165, 1.54) is 25.6 Å². The second-order valence-electron chi connectivity index (χ2n) is 7.22. The molecule has 2 saturated carbocycles. The van der Waals surface area contributed by atoms with Gasteiger partial charge in [0.2, 0.25) is 0 Å². The van der Waals surface area contributed by atoms with Gasteiger partial charge < -0.3 is 20.3 Å². The van der Waals surface area contributed by atoms with Crippen molar-refractivity contribution in [3.8, 4) is 0 Å². The Labute approximate surface area is 136 Å². The summed E-state index contributed by atoms with van der Waals surface area (Å²) in [5.41, 5.74) is 6.75. The number of fused-ring (bicyclic) bond motifs is 1. The van der Waals surface area contributed by atoms with E-state index >= 15 is 0 Å². The van der Waals surface area contributed by atoms with Crippen LogP contribution in [0.5, 0.6) is 0 Å². The monoisotopic (exact) mass is 315 g/mol. The second-order valence-corrected chi connectivity index (χ2v) is 7.22. The molecule has 2 fully saturated rings. The van der Waals surface area contributed by atoms with Crippen LogP contribution in [0.25, 0.3) is 11.0 Å². The molecule has 4 rings (SSSR count). The maximum atomic E-state index is 10.6. The number of anilines is 1. The quantitative estimate of drug-likeness (QED) is 0.899. The van der Waals surface area contributed by atoms with E-state index in [-0.39, 0.29) is 12.1 Å². The first-order valence-corrected chi connectivity index (χ1v) is 8.59. The van der Waals surface area contributed by atoms with Crippen molar-refractivity contribution < 1.29 is 5.11 Å². The lowest BCUT2D eigenvalue weighted by Gasteiger charge is -2.36. The van der Waals surface area contributed by atoms with Crippen LogP contribution in [0.3, 0.4) is 0 Å². The van der Waals surface area contributed by atoms with Gasteiger partial charge in [-0.25, -0.2) is 9.97 Å². The lowest BCUT2D eigenvalue weighted by molar-refractivity contribution is 0.123. The molecule has 0 unspecified atom stereocenters. The first-order valence-electron chi connectivity index (χ1n) is 8.59. The Morgan fingerprint density at radius 2 is 2.17 bits per heavy atom. The van der Waals surface area contributed by atoms with Crippen LogP contribution in [0.15, 0.2) is 18.6 Å². The largest absolute Gasteiger partial charge is 0.391 e. The van der Waals surface area contributed by atoms with Crippen molar-refractivity contribution in [1.29, 1.82) is 0 Å². The molecule has 0 aromatic carbocycles. The summed E-state index contributed by atoms with van der Waals surface area (Å²) in [6.07, 6.45) is 9.04. The predicted molar refractivity (Wildman–Crippen MR) is 90.0 cm³/mol. The van der Waals surface area contributed by atoms with Crippen LogP contribution in [0.2, 0.25) is 0 Å². The summed E-state index contributed by atoms with van der Waals surface area (Å²) in [5, 5.41) is 11.4. The smallest absolute Gasteiger partial charge is 0.145 e. The zero-order chi connectivity index (χ0) is 16.0. The number of aromatic nitrogens is 3. The van der Waals surface area contributed by atoms with Crippen LogP contribution in [0, 0.1) is 5.92 Å². The highest BCUT2D eigenvalue weighted by atomic mass is 16.3. The van der Waals surface area contributed by atoms with Gasteiger partial charge in [0.25, 0.3) is 0 Å². The fourth-order valence-corrected chi connectivity index (χ4v) is 4.18. The highest BCUT2D eigenvalue weighted by Crippen LogP contribution is 2.38. The molecule has 2 aliphatic carbocycles. The van der Waals surface area contributed by atoms with E-state index in [4.69, 9.17) is 5.73 Å². The maximum absolute atomic E-state index is 10.6. The minimum atomic E-state index is -0.318. The van der Waals surface area contributed by atoms with E-state index in [1.54, 1.807) is 0 Å². The molecule has 2 heterocycles. The highest BCUT2D eigenvalue weighted by Gasteiger charge is 2.36. The Hall–Kier alpha value is -1.66. The standard InChI is InChI=1S/C17H25N5O/c1-21(12-3-2-4-12)9-11-7-14(15(23)8-11)22-6-5-13-16(18)19-10-20-17(13)22/h5-6,10-12,14-15,23H,2-4,7-9H2,1H3,(H2,18,19,20)/t11-,14+,15+/m0/s1. The molecule has 0 spiro atoms. The van der Waals surface area contributed by atoms with Crippen molar-refractivity contribution in [1.82, 2.24) is 19.4 Å². The third-order valence-corrected chi connectivity index (χ3v) is 5.74. The average Bonchev–Trinajstić information content (AvgIpc) is 3.01. The zero-order valence-corrected chi connectivity index (χ0v) is 13.6. The van der Waals surface area contributed by atoms with Crippen LogP contribution >= 0.6 is 0 Å². The molecule has 23 heavy (non-hydrogen) atoms. The summed E-state index contributed by atoms with van der Waals surface area (Å²) in [6.45, 7) is 1.08. The first-order chi connectivity index (χ1) is 11.1. The highest BCUT2D eigenvalue weighted by molar-refractivity contribution is 5.86. The van der Waals surface area contributed by atoms with Gasteiger partial charge >= 0.3 is 0 Å². The number of aliphatic hydroxyl groups excluding tert-OH is 1. The van der Waals surface area contributed by atoms with Crippen LogP contribution in [0.1, 0.15) is 38.1 Å². The summed E-state index contributed by atoms with van der Waals surface area (Å²) in [6, 6.07) is 2.79. The molecule has 2 aliphatic rings. The summed E-state index contributed by atoms with van der Waals surface area (Å²) in [5.74, 6) is 1.04. The molecule has 3 N–H and O–H groups in total. The number of aliphatic hydroxyl groups is 1. The first kappa shape index (κ1) is 14.9. The van der Waals surface area contributed by atoms with E-state index < -0.39 is 0 Å². The molecular formula is C17H25N5O. The summed E-state index contributed by atoms with van der Waals surface area (Å²) >= 11 is 0. The summed E-state index contributed by atoms with van der Waals surface area (Å²) in [7, 11) is 2.22. The number of nitrogens with zero attached hydrogens (tertiary/aromatic N) is 4. The van der Waals surface area contributed by atoms with Gasteiger partial charge in [0.1, 0.15) is 17.8 Å². The van der Waals surface area contributed by atoms with Crippen molar-refractivity contribution in [2.24, 2.45) is 5.92 Å². The molecule has 2 aromatic rings. The molecular weight excluding hydrogens is 290 g/mol. The van der Waals surface area contributed by atoms with Crippen LogP contribution in [-0.4, -0.2) is 50.3 Å². The Bertz CT molecular complexity index is 695. The Balaban J connectivity index is 1.51. The third kappa shape index (κ3) is 2.60. The minimum Gasteiger partial charge on any atom is -0.391 e. The normalized spacial score (nSPS) is 28.6. The van der Waals surface area contributed by atoms with E-state index in [0.29, 0.717) is 11.7 Å². The van der Waals surface area contributed by atoms with Crippen molar-refractivity contribution in [3.05, 3.63) is 18.6 Å². The molecule has 0 aliphatic heterocycles. The zero-order valence-electron chi connectivity index (χ0n) is 13.6. The maximum Gasteiger partial charge on any atom is 0.145 e. The third-order valence-electron chi connectivity index (χ3n) is 5.74. The van der Waals surface area contributed by atoms with E-state index in [9.17, 15) is 5.11 Å². The molecule has 124 valence electrons. The summed E-state index contributed by atoms with van der Waals surface area (Å²) in [4.78, 5) is 10.9. The average molecular weight is 315 g/mol. The number of nitrogens with two attached hydrogens (primary N) is 1. The molecule has 6 nitrogen and oxygen atoms in total. The van der Waals surface area contributed by atoms with Gasteiger partial charge in [0, 0.05) is 18.8 Å². The van der Waals surface area contributed by atoms with Gasteiger partial charge in [-0.05, 0) is 44.7 Å². The van der Waals surface area contributed by atoms with Crippen LogP contribution < -0.4 is 5.73 Å². The van der Waals surface area contributed by atoms with E-state index in [1.807, 2.05) is 12.3 Å². The number of hydrogen-bond donors (Lipinski definition) is 2. The minimum absolute atomic E-state index is 0.0848.